The van der Waals surface area contributed by atoms with Gasteiger partial charge in [-0.25, -0.2) is 22.5 Å². The number of aromatic amines is 1. The third kappa shape index (κ3) is 3.35. The molecule has 0 spiro atoms. The minimum Gasteiger partial charge on any atom is -0.341 e. The van der Waals surface area contributed by atoms with Crippen molar-refractivity contribution in [1.82, 2.24) is 14.7 Å². The van der Waals surface area contributed by atoms with Crippen LogP contribution in [-0.4, -0.2) is 24.1 Å². The fourth-order valence-electron chi connectivity index (χ4n) is 3.07. The van der Waals surface area contributed by atoms with E-state index in [4.69, 9.17) is 0 Å². The van der Waals surface area contributed by atoms with Crippen LogP contribution in [0.4, 0.5) is 4.39 Å². The van der Waals surface area contributed by atoms with Crippen LogP contribution in [0, 0.1) is 22.6 Å². The number of hydrogen-bond acceptors (Lipinski definition) is 4. The van der Waals surface area contributed by atoms with E-state index in [1.807, 2.05) is 0 Å². The molecule has 1 fully saturated rings. The van der Waals surface area contributed by atoms with Crippen molar-refractivity contribution in [2.24, 2.45) is 5.41 Å². The van der Waals surface area contributed by atoms with Crippen molar-refractivity contribution in [2.75, 3.05) is 5.75 Å². The first-order valence-corrected chi connectivity index (χ1v) is 9.10. The van der Waals surface area contributed by atoms with E-state index in [0.29, 0.717) is 24.2 Å². The molecule has 0 atom stereocenters. The number of halogens is 1. The van der Waals surface area contributed by atoms with Crippen LogP contribution in [0.1, 0.15) is 31.5 Å². The Bertz CT molecular complexity index is 863. The Labute approximate surface area is 133 Å². The van der Waals surface area contributed by atoms with Crippen molar-refractivity contribution in [3.63, 3.8) is 0 Å². The summed E-state index contributed by atoms with van der Waals surface area (Å²) in [6.45, 7) is -0.0576. The van der Waals surface area contributed by atoms with Gasteiger partial charge in [-0.1, -0.05) is 18.9 Å². The molecule has 2 N–H and O–H groups in total. The normalized spacial score (nSPS) is 17.4. The molecule has 1 aliphatic carbocycles. The third-order valence-corrected chi connectivity index (χ3v) is 5.75. The highest BCUT2D eigenvalue weighted by atomic mass is 32.2. The first kappa shape index (κ1) is 15.9. The third-order valence-electron chi connectivity index (χ3n) is 4.24. The van der Waals surface area contributed by atoms with Gasteiger partial charge in [-0.2, -0.15) is 5.26 Å². The molecular weight excluding hydrogens is 319 g/mol. The lowest BCUT2D eigenvalue weighted by molar-refractivity contribution is 0.451. The average molecular weight is 336 g/mol. The molecule has 0 aliphatic heterocycles. The zero-order chi connectivity index (χ0) is 16.5. The van der Waals surface area contributed by atoms with Crippen molar-refractivity contribution in [1.29, 1.82) is 5.26 Å². The number of nitrogens with one attached hydrogen (secondary N) is 2. The second-order valence-corrected chi connectivity index (χ2v) is 7.81. The molecule has 122 valence electrons. The molecule has 0 radical (unpaired) electrons. The SMILES string of the molecule is N#CC1(CS(=O)(=O)NCc2nc3c(F)cccc3[nH]2)CCCC1. The number of nitrogens with zero attached hydrogens (tertiary/aromatic N) is 2. The van der Waals surface area contributed by atoms with Gasteiger partial charge < -0.3 is 4.98 Å². The van der Waals surface area contributed by atoms with Crippen LogP contribution in [0.5, 0.6) is 0 Å². The van der Waals surface area contributed by atoms with Gasteiger partial charge in [0.15, 0.2) is 5.82 Å². The molecule has 0 amide bonds. The first-order chi connectivity index (χ1) is 10.9. The van der Waals surface area contributed by atoms with Crippen LogP contribution in [0.15, 0.2) is 18.2 Å². The Hall–Kier alpha value is -1.98. The standard InChI is InChI=1S/C15H17FN4O2S/c16-11-4-3-5-12-14(11)20-13(19-12)8-18-23(21,22)10-15(9-17)6-1-2-7-15/h3-5,18H,1-2,6-8,10H2,(H,19,20). The molecule has 1 aromatic heterocycles. The lowest BCUT2D eigenvalue weighted by atomic mass is 9.91. The van der Waals surface area contributed by atoms with Crippen molar-refractivity contribution in [3.8, 4) is 6.07 Å². The summed E-state index contributed by atoms with van der Waals surface area (Å²) in [7, 11) is -3.61. The zero-order valence-corrected chi connectivity index (χ0v) is 13.3. The van der Waals surface area contributed by atoms with Gasteiger partial charge >= 0.3 is 0 Å². The minimum atomic E-state index is -3.61. The summed E-state index contributed by atoms with van der Waals surface area (Å²) in [4.78, 5) is 6.95. The summed E-state index contributed by atoms with van der Waals surface area (Å²) in [6, 6.07) is 6.70. The molecule has 1 saturated carbocycles. The molecule has 0 unspecified atom stereocenters. The summed E-state index contributed by atoms with van der Waals surface area (Å²) in [5, 5.41) is 9.29. The zero-order valence-electron chi connectivity index (χ0n) is 12.5. The second-order valence-electron chi connectivity index (χ2n) is 6.00. The smallest absolute Gasteiger partial charge is 0.213 e. The molecule has 6 nitrogen and oxygen atoms in total. The maximum atomic E-state index is 13.6. The average Bonchev–Trinajstić information content (AvgIpc) is 3.13. The molecular formula is C15H17FN4O2S. The summed E-state index contributed by atoms with van der Waals surface area (Å²) in [5.74, 6) is -0.321. The Morgan fingerprint density at radius 2 is 2.13 bits per heavy atom. The highest BCUT2D eigenvalue weighted by Gasteiger charge is 2.38. The summed E-state index contributed by atoms with van der Waals surface area (Å²) in [6.07, 6.45) is 2.98. The van der Waals surface area contributed by atoms with Gasteiger partial charge in [0.25, 0.3) is 0 Å². The number of para-hydroxylation sites is 1. The van der Waals surface area contributed by atoms with E-state index >= 15 is 0 Å². The molecule has 23 heavy (non-hydrogen) atoms. The highest BCUT2D eigenvalue weighted by molar-refractivity contribution is 7.89. The lowest BCUT2D eigenvalue weighted by Gasteiger charge is -2.19. The minimum absolute atomic E-state index is 0.0576. The molecule has 0 saturated heterocycles. The second kappa shape index (κ2) is 5.91. The van der Waals surface area contributed by atoms with Gasteiger partial charge in [0.2, 0.25) is 10.0 Å². The van der Waals surface area contributed by atoms with E-state index in [9.17, 15) is 18.1 Å². The number of sulfonamides is 1. The van der Waals surface area contributed by atoms with E-state index in [0.717, 1.165) is 12.8 Å². The van der Waals surface area contributed by atoms with Crippen LogP contribution < -0.4 is 4.72 Å². The predicted molar refractivity (Wildman–Crippen MR) is 83.2 cm³/mol. The van der Waals surface area contributed by atoms with E-state index in [2.05, 4.69) is 20.8 Å². The Kier molecular flexibility index (Phi) is 4.08. The number of hydrogen-bond donors (Lipinski definition) is 2. The van der Waals surface area contributed by atoms with E-state index < -0.39 is 21.3 Å². The monoisotopic (exact) mass is 336 g/mol. The summed E-state index contributed by atoms with van der Waals surface area (Å²) in [5.41, 5.74) is -0.0827. The number of fused-ring (bicyclic) bond motifs is 1. The Balaban J connectivity index is 1.71. The predicted octanol–water partition coefficient (Wildman–Crippen LogP) is 2.21. The van der Waals surface area contributed by atoms with E-state index in [-0.39, 0.29) is 17.8 Å². The molecule has 3 rings (SSSR count). The van der Waals surface area contributed by atoms with Crippen molar-refractivity contribution >= 4 is 21.1 Å². The fourth-order valence-corrected chi connectivity index (χ4v) is 4.60. The number of nitriles is 1. The Morgan fingerprint density at radius 1 is 1.39 bits per heavy atom. The first-order valence-electron chi connectivity index (χ1n) is 7.45. The molecule has 8 heteroatoms. The van der Waals surface area contributed by atoms with Gasteiger partial charge in [0.05, 0.1) is 29.3 Å². The maximum absolute atomic E-state index is 13.6. The largest absolute Gasteiger partial charge is 0.341 e. The van der Waals surface area contributed by atoms with E-state index in [1.165, 1.54) is 6.07 Å². The van der Waals surface area contributed by atoms with Crippen molar-refractivity contribution < 1.29 is 12.8 Å². The van der Waals surface area contributed by atoms with Crippen molar-refractivity contribution in [2.45, 2.75) is 32.2 Å². The van der Waals surface area contributed by atoms with Crippen LogP contribution in [-0.2, 0) is 16.6 Å². The van der Waals surface area contributed by atoms with Gasteiger partial charge in [-0.05, 0) is 25.0 Å². The fraction of sp³-hybridized carbons (Fsp3) is 0.467. The molecule has 2 aromatic rings. The summed E-state index contributed by atoms with van der Waals surface area (Å²) >= 11 is 0. The Morgan fingerprint density at radius 3 is 2.78 bits per heavy atom. The molecule has 1 aliphatic rings. The lowest BCUT2D eigenvalue weighted by Crippen LogP contribution is -2.34. The number of H-pyrrole nitrogens is 1. The van der Waals surface area contributed by atoms with Gasteiger partial charge in [-0.3, -0.25) is 0 Å². The molecule has 1 aromatic carbocycles. The maximum Gasteiger partial charge on any atom is 0.213 e. The molecule has 1 heterocycles. The number of aromatic nitrogens is 2. The highest BCUT2D eigenvalue weighted by Crippen LogP contribution is 2.38. The van der Waals surface area contributed by atoms with Crippen molar-refractivity contribution in [3.05, 3.63) is 29.8 Å². The summed E-state index contributed by atoms with van der Waals surface area (Å²) < 4.78 is 40.5. The number of imidazole rings is 1. The van der Waals surface area contributed by atoms with Crippen LogP contribution in [0.2, 0.25) is 0 Å². The topological polar surface area (TPSA) is 98.6 Å². The number of rotatable bonds is 5. The van der Waals surface area contributed by atoms with Gasteiger partial charge in [-0.15, -0.1) is 0 Å². The van der Waals surface area contributed by atoms with Gasteiger partial charge in [0.1, 0.15) is 11.3 Å². The molecule has 0 bridgehead atoms. The van der Waals surface area contributed by atoms with Crippen LogP contribution >= 0.6 is 0 Å². The van der Waals surface area contributed by atoms with Gasteiger partial charge in [0, 0.05) is 0 Å². The van der Waals surface area contributed by atoms with Crippen LogP contribution in [0.25, 0.3) is 11.0 Å². The number of benzene rings is 1. The van der Waals surface area contributed by atoms with Crippen LogP contribution in [0.3, 0.4) is 0 Å². The quantitative estimate of drug-likeness (QED) is 0.874. The van der Waals surface area contributed by atoms with E-state index in [1.54, 1.807) is 12.1 Å².